The highest BCUT2D eigenvalue weighted by atomic mass is 19.1. The molecule has 10 nitrogen and oxygen atoms in total. The molecule has 0 radical (unpaired) electrons. The molecule has 1 amide bonds. The highest BCUT2D eigenvalue weighted by molar-refractivity contribution is 6.03. The summed E-state index contributed by atoms with van der Waals surface area (Å²) in [6.45, 7) is -0.634. The minimum atomic E-state index is -1.58. The molecule has 3 aromatic carbocycles. The third-order valence-corrected chi connectivity index (χ3v) is 6.46. The van der Waals surface area contributed by atoms with E-state index in [-0.39, 0.29) is 17.0 Å². The van der Waals surface area contributed by atoms with Gasteiger partial charge >= 0.3 is 0 Å². The Balaban J connectivity index is 1.49. The van der Waals surface area contributed by atoms with E-state index in [0.29, 0.717) is 11.3 Å². The Morgan fingerprint density at radius 3 is 2.71 bits per heavy atom. The molecule has 196 valence electrons. The Morgan fingerprint density at radius 2 is 1.97 bits per heavy atom. The van der Waals surface area contributed by atoms with Crippen molar-refractivity contribution >= 4 is 22.4 Å². The topological polar surface area (TPSA) is 130 Å². The first kappa shape index (κ1) is 25.3. The van der Waals surface area contributed by atoms with Crippen LogP contribution in [0.1, 0.15) is 10.4 Å². The van der Waals surface area contributed by atoms with Gasteiger partial charge in [-0.1, -0.05) is 47.7 Å². The van der Waals surface area contributed by atoms with Crippen molar-refractivity contribution in [3.63, 3.8) is 0 Å². The molecule has 0 saturated heterocycles. The van der Waals surface area contributed by atoms with Gasteiger partial charge in [-0.05, 0) is 23.6 Å². The summed E-state index contributed by atoms with van der Waals surface area (Å²) >= 11 is 0. The van der Waals surface area contributed by atoms with Gasteiger partial charge in [0.25, 0.3) is 5.91 Å². The van der Waals surface area contributed by atoms with E-state index in [0.717, 1.165) is 20.4 Å². The lowest BCUT2D eigenvalue weighted by molar-refractivity contribution is -0.139. The number of carbonyl (C=O) groups is 1. The zero-order chi connectivity index (χ0) is 27.0. The maximum absolute atomic E-state index is 13.7. The van der Waals surface area contributed by atoms with Crippen LogP contribution in [0.25, 0.3) is 27.7 Å². The monoisotopic (exact) mass is 520 g/mol. The van der Waals surface area contributed by atoms with E-state index in [2.05, 4.69) is 10.3 Å². The van der Waals surface area contributed by atoms with Crippen molar-refractivity contribution in [2.24, 2.45) is 0 Å². The van der Waals surface area contributed by atoms with Crippen LogP contribution in [0, 0.1) is 5.82 Å². The summed E-state index contributed by atoms with van der Waals surface area (Å²) in [6, 6.07) is 16.6. The Labute approximate surface area is 216 Å². The van der Waals surface area contributed by atoms with Crippen LogP contribution in [0.3, 0.4) is 0 Å². The maximum atomic E-state index is 13.7. The molecule has 0 fully saturated rings. The van der Waals surface area contributed by atoms with Gasteiger partial charge in [0.15, 0.2) is 6.23 Å². The van der Waals surface area contributed by atoms with Gasteiger partial charge in [-0.15, -0.1) is 5.10 Å². The van der Waals surface area contributed by atoms with Crippen LogP contribution in [0.4, 0.5) is 4.39 Å². The molecule has 2 heterocycles. The first-order chi connectivity index (χ1) is 18.3. The Hall–Kier alpha value is -4.32. The van der Waals surface area contributed by atoms with Crippen LogP contribution in [0.5, 0.6) is 5.75 Å². The van der Waals surface area contributed by atoms with Crippen LogP contribution < -0.4 is 4.74 Å². The zero-order valence-corrected chi connectivity index (χ0v) is 20.5. The van der Waals surface area contributed by atoms with Gasteiger partial charge in [0.05, 0.1) is 25.5 Å². The molecule has 3 N–H and O–H groups in total. The maximum Gasteiger partial charge on any atom is 0.259 e. The molecule has 1 aliphatic rings. The smallest absolute Gasteiger partial charge is 0.259 e. The van der Waals surface area contributed by atoms with Crippen LogP contribution in [0.2, 0.25) is 0 Å². The second-order valence-electron chi connectivity index (χ2n) is 8.76. The number of aliphatic hydroxyl groups is 3. The Bertz CT molecular complexity index is 1540. The molecule has 3 atom stereocenters. The van der Waals surface area contributed by atoms with Crippen LogP contribution in [0.15, 0.2) is 72.6 Å². The molecule has 11 heteroatoms. The van der Waals surface area contributed by atoms with Crippen molar-refractivity contribution in [1.29, 1.82) is 0 Å². The predicted molar refractivity (Wildman–Crippen MR) is 136 cm³/mol. The van der Waals surface area contributed by atoms with Crippen molar-refractivity contribution in [3.05, 3.63) is 84.0 Å². The van der Waals surface area contributed by atoms with Crippen molar-refractivity contribution < 1.29 is 34.0 Å². The van der Waals surface area contributed by atoms with Crippen molar-refractivity contribution in [2.75, 3.05) is 20.8 Å². The molecule has 2 unspecified atom stereocenters. The van der Waals surface area contributed by atoms with Crippen LogP contribution in [-0.4, -0.2) is 80.3 Å². The molecule has 0 bridgehead atoms. The summed E-state index contributed by atoms with van der Waals surface area (Å²) < 4.78 is 26.1. The predicted octanol–water partition coefficient (Wildman–Crippen LogP) is 2.82. The molecule has 0 saturated carbocycles. The summed E-state index contributed by atoms with van der Waals surface area (Å²) in [4.78, 5) is 14.8. The number of hydrogen-bond acceptors (Lipinski definition) is 8. The molecule has 1 aromatic heterocycles. The normalized spacial score (nSPS) is 19.6. The molecular weight excluding hydrogens is 495 g/mol. The van der Waals surface area contributed by atoms with Crippen molar-refractivity contribution in [3.8, 4) is 17.0 Å². The van der Waals surface area contributed by atoms with Gasteiger partial charge in [0.2, 0.25) is 0 Å². The van der Waals surface area contributed by atoms with E-state index >= 15 is 0 Å². The molecule has 0 spiro atoms. The van der Waals surface area contributed by atoms with E-state index in [1.165, 1.54) is 38.6 Å². The Morgan fingerprint density at radius 1 is 1.18 bits per heavy atom. The van der Waals surface area contributed by atoms with E-state index in [4.69, 9.17) is 9.47 Å². The summed E-state index contributed by atoms with van der Waals surface area (Å²) in [5, 5.41) is 41.5. The second-order valence-corrected chi connectivity index (χ2v) is 8.76. The number of ether oxygens (including phenoxy) is 2. The molecule has 0 aliphatic carbocycles. The number of benzene rings is 3. The average molecular weight is 521 g/mol. The highest BCUT2D eigenvalue weighted by Crippen LogP contribution is 2.34. The minimum Gasteiger partial charge on any atom is -0.507 e. The van der Waals surface area contributed by atoms with Gasteiger partial charge in [-0.2, -0.15) is 0 Å². The lowest BCUT2D eigenvalue weighted by Crippen LogP contribution is -2.53. The van der Waals surface area contributed by atoms with Gasteiger partial charge in [-0.3, -0.25) is 4.79 Å². The fourth-order valence-electron chi connectivity index (χ4n) is 4.54. The molecular formula is C27H25FN4O6. The van der Waals surface area contributed by atoms with E-state index in [1.54, 1.807) is 18.2 Å². The quantitative estimate of drug-likeness (QED) is 0.354. The second kappa shape index (κ2) is 10.2. The number of hydrogen-bond donors (Lipinski definition) is 3. The fraction of sp³-hybridized carbons (Fsp3) is 0.222. The number of carbonyl (C=O) groups excluding carboxylic acids is 1. The minimum absolute atomic E-state index is 0.138. The number of halogens is 1. The lowest BCUT2D eigenvalue weighted by atomic mass is 10.0. The summed E-state index contributed by atoms with van der Waals surface area (Å²) in [7, 11) is 2.89. The number of aromatic nitrogens is 3. The van der Waals surface area contributed by atoms with Crippen LogP contribution >= 0.6 is 0 Å². The SMILES string of the molecule is COc1c(C(=O)N(C)[C@@H]2OC(CO)C(O)=C(n3cc(-c4cccc(F)c4)nn3)C2O)ccc2ccccc12. The number of amides is 1. The number of nitrogens with zero attached hydrogens (tertiary/aromatic N) is 4. The number of methoxy groups -OCH3 is 1. The number of rotatable bonds is 6. The van der Waals surface area contributed by atoms with Crippen LogP contribution in [-0.2, 0) is 4.74 Å². The summed E-state index contributed by atoms with van der Waals surface area (Å²) in [5.74, 6) is -1.10. The summed E-state index contributed by atoms with van der Waals surface area (Å²) in [5.41, 5.74) is 0.815. The third-order valence-electron chi connectivity index (χ3n) is 6.46. The Kier molecular flexibility index (Phi) is 6.81. The number of likely N-dealkylation sites (N-methyl/N-ethyl adjacent to an activating group) is 1. The molecule has 38 heavy (non-hydrogen) atoms. The third kappa shape index (κ3) is 4.36. The first-order valence-corrected chi connectivity index (χ1v) is 11.7. The standard InChI is InChI=1S/C27H25FN4O6/c1-31(26(36)19-11-10-15-6-3-4-9-18(15)25(19)37-2)27-24(35)22(23(34)21(14-33)38-27)32-13-20(29-30-32)16-7-5-8-17(28)12-16/h3-13,21,24,27,33-35H,14H2,1-2H3/t21?,24?,27-/m1/s1. The number of fused-ring (bicyclic) bond motifs is 1. The van der Waals surface area contributed by atoms with Gasteiger partial charge in [0, 0.05) is 18.0 Å². The van der Waals surface area contributed by atoms with Gasteiger partial charge < -0.3 is 29.7 Å². The van der Waals surface area contributed by atoms with Gasteiger partial charge in [0.1, 0.15) is 40.9 Å². The molecule has 1 aliphatic heterocycles. The number of aliphatic hydroxyl groups excluding tert-OH is 3. The average Bonchev–Trinajstić information content (AvgIpc) is 3.41. The van der Waals surface area contributed by atoms with Crippen molar-refractivity contribution in [2.45, 2.75) is 18.4 Å². The van der Waals surface area contributed by atoms with E-state index in [1.807, 2.05) is 24.3 Å². The van der Waals surface area contributed by atoms with Crippen molar-refractivity contribution in [1.82, 2.24) is 19.9 Å². The molecule has 4 aromatic rings. The largest absolute Gasteiger partial charge is 0.507 e. The zero-order valence-electron chi connectivity index (χ0n) is 20.5. The van der Waals surface area contributed by atoms with E-state index in [9.17, 15) is 24.5 Å². The summed E-state index contributed by atoms with van der Waals surface area (Å²) in [6.07, 6.45) is -2.76. The lowest BCUT2D eigenvalue weighted by Gasteiger charge is -2.39. The molecule has 5 rings (SSSR count). The first-order valence-electron chi connectivity index (χ1n) is 11.7. The fourth-order valence-corrected chi connectivity index (χ4v) is 4.54. The van der Waals surface area contributed by atoms with E-state index < -0.39 is 42.5 Å². The highest BCUT2D eigenvalue weighted by Gasteiger charge is 2.42. The van der Waals surface area contributed by atoms with Gasteiger partial charge in [-0.25, -0.2) is 9.07 Å².